The highest BCUT2D eigenvalue weighted by molar-refractivity contribution is 7.89. The molecule has 0 atom stereocenters. The smallest absolute Gasteiger partial charge is 0.243 e. The van der Waals surface area contributed by atoms with E-state index in [4.69, 9.17) is 0 Å². The molecule has 120 valence electrons. The largest absolute Gasteiger partial charge is 0.313 e. The maximum Gasteiger partial charge on any atom is 0.243 e. The summed E-state index contributed by atoms with van der Waals surface area (Å²) in [4.78, 5) is 0.379. The monoisotopic (exact) mass is 312 g/mol. The van der Waals surface area contributed by atoms with E-state index in [0.717, 1.165) is 24.9 Å². The normalized spacial score (nSPS) is 12.3. The number of hydrogen-bond donors (Lipinski definition) is 1. The van der Waals surface area contributed by atoms with E-state index in [2.05, 4.69) is 19.2 Å². The Hall–Kier alpha value is -0.910. The molecule has 0 aliphatic rings. The Morgan fingerprint density at radius 2 is 1.86 bits per heavy atom. The Morgan fingerprint density at radius 1 is 1.19 bits per heavy atom. The van der Waals surface area contributed by atoms with Gasteiger partial charge in [0.25, 0.3) is 0 Å². The number of hydrogen-bond acceptors (Lipinski definition) is 3. The minimum absolute atomic E-state index is 0.0532. The van der Waals surface area contributed by atoms with Crippen LogP contribution in [0.3, 0.4) is 0 Å². The molecule has 0 bridgehead atoms. The van der Waals surface area contributed by atoms with Crippen LogP contribution < -0.4 is 5.32 Å². The molecule has 0 saturated heterocycles. The SMILES string of the molecule is CCCNCc1cc(S(=O)(=O)N(C)C(C)C)ccc1CC. The van der Waals surface area contributed by atoms with Crippen molar-refractivity contribution in [1.29, 1.82) is 0 Å². The van der Waals surface area contributed by atoms with E-state index in [0.29, 0.717) is 11.4 Å². The Kier molecular flexibility index (Phi) is 6.84. The van der Waals surface area contributed by atoms with Gasteiger partial charge in [-0.15, -0.1) is 0 Å². The standard InChI is InChI=1S/C16H28N2O2S/c1-6-10-17-12-15-11-16(9-8-14(15)7-2)21(19,20)18(5)13(3)4/h8-9,11,13,17H,6-7,10,12H2,1-5H3. The average Bonchev–Trinajstić information content (AvgIpc) is 2.46. The van der Waals surface area contributed by atoms with E-state index in [1.165, 1.54) is 9.87 Å². The van der Waals surface area contributed by atoms with Crippen LogP contribution in [0, 0.1) is 0 Å². The molecule has 0 radical (unpaired) electrons. The fourth-order valence-electron chi connectivity index (χ4n) is 2.12. The predicted octanol–water partition coefficient (Wildman–Crippen LogP) is 2.78. The molecule has 0 unspecified atom stereocenters. The van der Waals surface area contributed by atoms with Crippen molar-refractivity contribution in [3.63, 3.8) is 0 Å². The molecule has 1 N–H and O–H groups in total. The predicted molar refractivity (Wildman–Crippen MR) is 87.9 cm³/mol. The summed E-state index contributed by atoms with van der Waals surface area (Å²) in [5.74, 6) is 0. The zero-order valence-corrected chi connectivity index (χ0v) is 14.6. The molecule has 0 aliphatic heterocycles. The molecule has 21 heavy (non-hydrogen) atoms. The van der Waals surface area contributed by atoms with Crippen molar-refractivity contribution in [2.75, 3.05) is 13.6 Å². The van der Waals surface area contributed by atoms with Crippen molar-refractivity contribution in [2.45, 2.75) is 58.0 Å². The van der Waals surface area contributed by atoms with Crippen LogP contribution in [-0.2, 0) is 23.0 Å². The van der Waals surface area contributed by atoms with Crippen LogP contribution in [0.15, 0.2) is 23.1 Å². The molecule has 0 heterocycles. The summed E-state index contributed by atoms with van der Waals surface area (Å²) in [6.45, 7) is 9.61. The maximum absolute atomic E-state index is 12.6. The summed E-state index contributed by atoms with van der Waals surface area (Å²) in [5, 5.41) is 3.35. The second-order valence-corrected chi connectivity index (χ2v) is 7.57. The second-order valence-electron chi connectivity index (χ2n) is 5.58. The van der Waals surface area contributed by atoms with Gasteiger partial charge in [0.1, 0.15) is 0 Å². The van der Waals surface area contributed by atoms with Gasteiger partial charge in [-0.3, -0.25) is 0 Å². The molecule has 1 aromatic carbocycles. The first-order chi connectivity index (χ1) is 9.84. The van der Waals surface area contributed by atoms with E-state index in [1.54, 1.807) is 13.1 Å². The third-order valence-corrected chi connectivity index (χ3v) is 5.73. The summed E-state index contributed by atoms with van der Waals surface area (Å²) in [6.07, 6.45) is 1.97. The molecule has 1 rings (SSSR count). The first-order valence-electron chi connectivity index (χ1n) is 7.65. The Labute approximate surface area is 129 Å². The van der Waals surface area contributed by atoms with Crippen molar-refractivity contribution >= 4 is 10.0 Å². The van der Waals surface area contributed by atoms with Gasteiger partial charge in [0.05, 0.1) is 4.90 Å². The fourth-order valence-corrected chi connectivity index (χ4v) is 3.53. The minimum Gasteiger partial charge on any atom is -0.313 e. The van der Waals surface area contributed by atoms with Gasteiger partial charge in [-0.1, -0.05) is 19.9 Å². The molecule has 0 saturated carbocycles. The van der Waals surface area contributed by atoms with E-state index in [1.807, 2.05) is 26.0 Å². The molecule has 5 heteroatoms. The van der Waals surface area contributed by atoms with Crippen molar-refractivity contribution < 1.29 is 8.42 Å². The van der Waals surface area contributed by atoms with Crippen molar-refractivity contribution in [3.05, 3.63) is 29.3 Å². The van der Waals surface area contributed by atoms with E-state index >= 15 is 0 Å². The number of nitrogens with one attached hydrogen (secondary N) is 1. The van der Waals surface area contributed by atoms with Gasteiger partial charge >= 0.3 is 0 Å². The molecule has 0 aromatic heterocycles. The van der Waals surface area contributed by atoms with Gasteiger partial charge in [-0.25, -0.2) is 8.42 Å². The highest BCUT2D eigenvalue weighted by Crippen LogP contribution is 2.21. The van der Waals surface area contributed by atoms with Crippen LogP contribution in [0.1, 0.15) is 45.2 Å². The van der Waals surface area contributed by atoms with Gasteiger partial charge in [-0.2, -0.15) is 4.31 Å². The third kappa shape index (κ3) is 4.53. The van der Waals surface area contributed by atoms with Crippen molar-refractivity contribution in [1.82, 2.24) is 9.62 Å². The number of aryl methyl sites for hydroxylation is 1. The number of nitrogens with zero attached hydrogens (tertiary/aromatic N) is 1. The summed E-state index contributed by atoms with van der Waals surface area (Å²) in [5.41, 5.74) is 2.27. The van der Waals surface area contributed by atoms with Gasteiger partial charge in [0, 0.05) is 19.6 Å². The number of sulfonamides is 1. The zero-order chi connectivity index (χ0) is 16.0. The number of rotatable bonds is 8. The summed E-state index contributed by atoms with van der Waals surface area (Å²) < 4.78 is 26.5. The van der Waals surface area contributed by atoms with E-state index in [-0.39, 0.29) is 6.04 Å². The van der Waals surface area contributed by atoms with Crippen LogP contribution in [0.2, 0.25) is 0 Å². The third-order valence-electron chi connectivity index (χ3n) is 3.71. The first-order valence-corrected chi connectivity index (χ1v) is 9.09. The van der Waals surface area contributed by atoms with Crippen LogP contribution in [0.5, 0.6) is 0 Å². The van der Waals surface area contributed by atoms with Crippen molar-refractivity contribution in [3.8, 4) is 0 Å². The molecular formula is C16H28N2O2S. The topological polar surface area (TPSA) is 49.4 Å². The number of benzene rings is 1. The Bertz CT molecular complexity index is 553. The maximum atomic E-state index is 12.6. The summed E-state index contributed by atoms with van der Waals surface area (Å²) in [7, 11) is -1.78. The van der Waals surface area contributed by atoms with Crippen LogP contribution in [0.25, 0.3) is 0 Å². The van der Waals surface area contributed by atoms with Gasteiger partial charge in [-0.05, 0) is 56.5 Å². The second kappa shape index (κ2) is 7.92. The zero-order valence-electron chi connectivity index (χ0n) is 13.8. The average molecular weight is 312 g/mol. The highest BCUT2D eigenvalue weighted by Gasteiger charge is 2.23. The summed E-state index contributed by atoms with van der Waals surface area (Å²) in [6, 6.07) is 5.42. The van der Waals surface area contributed by atoms with Crippen LogP contribution in [0.4, 0.5) is 0 Å². The van der Waals surface area contributed by atoms with Gasteiger partial charge in [0.15, 0.2) is 0 Å². The molecule has 1 aromatic rings. The van der Waals surface area contributed by atoms with E-state index in [9.17, 15) is 8.42 Å². The van der Waals surface area contributed by atoms with Gasteiger partial charge in [0.2, 0.25) is 10.0 Å². The Morgan fingerprint density at radius 3 is 2.38 bits per heavy atom. The van der Waals surface area contributed by atoms with Gasteiger partial charge < -0.3 is 5.32 Å². The molecule has 4 nitrogen and oxygen atoms in total. The Balaban J connectivity index is 3.12. The molecule has 0 spiro atoms. The lowest BCUT2D eigenvalue weighted by atomic mass is 10.1. The fraction of sp³-hybridized carbons (Fsp3) is 0.625. The first kappa shape index (κ1) is 18.1. The summed E-state index contributed by atoms with van der Waals surface area (Å²) >= 11 is 0. The molecule has 0 amide bonds. The molecule has 0 fully saturated rings. The lowest BCUT2D eigenvalue weighted by molar-refractivity contribution is 0.410. The van der Waals surface area contributed by atoms with E-state index < -0.39 is 10.0 Å². The lowest BCUT2D eigenvalue weighted by Crippen LogP contribution is -2.33. The lowest BCUT2D eigenvalue weighted by Gasteiger charge is -2.22. The minimum atomic E-state index is -3.41. The van der Waals surface area contributed by atoms with Crippen LogP contribution in [-0.4, -0.2) is 32.4 Å². The molecule has 0 aliphatic carbocycles. The van der Waals surface area contributed by atoms with Crippen LogP contribution >= 0.6 is 0 Å². The molecular weight excluding hydrogens is 284 g/mol. The highest BCUT2D eigenvalue weighted by atomic mass is 32.2. The van der Waals surface area contributed by atoms with Crippen molar-refractivity contribution in [2.24, 2.45) is 0 Å². The quantitative estimate of drug-likeness (QED) is 0.751.